The van der Waals surface area contributed by atoms with Gasteiger partial charge in [0.15, 0.2) is 23.3 Å². The second kappa shape index (κ2) is 14.3. The number of hydrogen-bond acceptors (Lipinski definition) is 4. The fourth-order valence-electron chi connectivity index (χ4n) is 4.02. The van der Waals surface area contributed by atoms with E-state index in [2.05, 4.69) is 10.6 Å². The van der Waals surface area contributed by atoms with Crippen molar-refractivity contribution in [3.8, 4) is 0 Å². The van der Waals surface area contributed by atoms with E-state index in [-0.39, 0.29) is 11.4 Å². The maximum atomic E-state index is 14.2. The van der Waals surface area contributed by atoms with E-state index in [1.165, 1.54) is 30.3 Å². The van der Waals surface area contributed by atoms with Crippen LogP contribution in [0.15, 0.2) is 89.5 Å². The van der Waals surface area contributed by atoms with Crippen LogP contribution in [0.25, 0.3) is 6.08 Å². The van der Waals surface area contributed by atoms with E-state index < -0.39 is 64.2 Å². The molecule has 4 aromatic rings. The van der Waals surface area contributed by atoms with Gasteiger partial charge < -0.3 is 16.0 Å². The molecule has 238 valence electrons. The quantitative estimate of drug-likeness (QED) is 0.0743. The van der Waals surface area contributed by atoms with Gasteiger partial charge in [0, 0.05) is 16.1 Å². The SMILES string of the molecule is Cc1ccccc1/C=C(\NC(=O)c1ccccc1)C(=O)Nc1cccc(SCC(=O)Nc2c(F)c(F)c(C(F)(F)F)c(F)c2F)c1. The molecule has 0 radical (unpaired) electrons. The molecular formula is C32H22F7N3O3S. The summed E-state index contributed by atoms with van der Waals surface area (Å²) in [5.74, 6) is -13.2. The molecule has 0 aromatic heterocycles. The summed E-state index contributed by atoms with van der Waals surface area (Å²) in [6, 6.07) is 21.3. The molecule has 0 unspecified atom stereocenters. The molecular weight excluding hydrogens is 639 g/mol. The normalized spacial score (nSPS) is 11.6. The monoisotopic (exact) mass is 661 g/mol. The van der Waals surface area contributed by atoms with Gasteiger partial charge in [0.1, 0.15) is 16.9 Å². The summed E-state index contributed by atoms with van der Waals surface area (Å²) in [5, 5.41) is 6.81. The molecule has 14 heteroatoms. The summed E-state index contributed by atoms with van der Waals surface area (Å²) in [7, 11) is 0. The number of alkyl halides is 3. The Morgan fingerprint density at radius 3 is 2.04 bits per heavy atom. The highest BCUT2D eigenvalue weighted by Gasteiger charge is 2.42. The van der Waals surface area contributed by atoms with Gasteiger partial charge in [-0.05, 0) is 54.5 Å². The predicted molar refractivity (Wildman–Crippen MR) is 159 cm³/mol. The molecule has 0 bridgehead atoms. The number of carbonyl (C=O) groups is 3. The molecule has 4 rings (SSSR count). The Bertz CT molecular complexity index is 1800. The number of aryl methyl sites for hydroxylation is 1. The van der Waals surface area contributed by atoms with Crippen LogP contribution in [0.5, 0.6) is 0 Å². The summed E-state index contributed by atoms with van der Waals surface area (Å²) in [5.41, 5.74) is -2.52. The summed E-state index contributed by atoms with van der Waals surface area (Å²) in [6.45, 7) is 1.82. The number of halogens is 7. The van der Waals surface area contributed by atoms with Crippen molar-refractivity contribution in [3.63, 3.8) is 0 Å². The topological polar surface area (TPSA) is 87.3 Å². The van der Waals surface area contributed by atoms with E-state index in [0.717, 1.165) is 17.3 Å². The number of carbonyl (C=O) groups excluding carboxylic acids is 3. The molecule has 0 spiro atoms. The zero-order chi connectivity index (χ0) is 33.6. The van der Waals surface area contributed by atoms with Gasteiger partial charge in [-0.25, -0.2) is 17.6 Å². The molecule has 4 aromatic carbocycles. The van der Waals surface area contributed by atoms with Gasteiger partial charge in [0.2, 0.25) is 5.91 Å². The van der Waals surface area contributed by atoms with Crippen LogP contribution in [0.4, 0.5) is 42.1 Å². The maximum Gasteiger partial charge on any atom is 0.422 e. The largest absolute Gasteiger partial charge is 0.422 e. The molecule has 0 atom stereocenters. The third-order valence-electron chi connectivity index (χ3n) is 6.29. The lowest BCUT2D eigenvalue weighted by Gasteiger charge is -2.14. The molecule has 0 aliphatic carbocycles. The Balaban J connectivity index is 1.48. The van der Waals surface area contributed by atoms with Crippen molar-refractivity contribution in [3.05, 3.63) is 130 Å². The van der Waals surface area contributed by atoms with Crippen molar-refractivity contribution in [2.24, 2.45) is 0 Å². The molecule has 0 aliphatic heterocycles. The minimum absolute atomic E-state index is 0.0827. The van der Waals surface area contributed by atoms with E-state index in [1.807, 2.05) is 19.1 Å². The number of nitrogens with one attached hydrogen (secondary N) is 3. The number of benzene rings is 4. The molecule has 0 fully saturated rings. The minimum Gasteiger partial charge on any atom is -0.321 e. The van der Waals surface area contributed by atoms with Crippen molar-refractivity contribution in [2.45, 2.75) is 18.0 Å². The number of rotatable bonds is 9. The van der Waals surface area contributed by atoms with Crippen molar-refractivity contribution < 1.29 is 45.1 Å². The smallest absolute Gasteiger partial charge is 0.321 e. The summed E-state index contributed by atoms with van der Waals surface area (Å²) in [4.78, 5) is 38.8. The van der Waals surface area contributed by atoms with Crippen molar-refractivity contribution >= 4 is 46.9 Å². The van der Waals surface area contributed by atoms with Crippen LogP contribution in [0, 0.1) is 30.2 Å². The van der Waals surface area contributed by atoms with Gasteiger partial charge >= 0.3 is 6.18 Å². The first-order chi connectivity index (χ1) is 21.8. The van der Waals surface area contributed by atoms with E-state index in [4.69, 9.17) is 0 Å². The first kappa shape index (κ1) is 33.8. The van der Waals surface area contributed by atoms with Crippen molar-refractivity contribution in [1.82, 2.24) is 5.32 Å². The van der Waals surface area contributed by atoms with E-state index >= 15 is 0 Å². The lowest BCUT2D eigenvalue weighted by atomic mass is 10.1. The van der Waals surface area contributed by atoms with Crippen LogP contribution in [0.2, 0.25) is 0 Å². The van der Waals surface area contributed by atoms with E-state index in [1.54, 1.807) is 47.8 Å². The van der Waals surface area contributed by atoms with Gasteiger partial charge in [-0.15, -0.1) is 11.8 Å². The molecule has 46 heavy (non-hydrogen) atoms. The van der Waals surface area contributed by atoms with Crippen LogP contribution in [-0.2, 0) is 15.8 Å². The average molecular weight is 662 g/mol. The number of anilines is 2. The van der Waals surface area contributed by atoms with Gasteiger partial charge in [0.05, 0.1) is 5.75 Å². The highest BCUT2D eigenvalue weighted by molar-refractivity contribution is 8.00. The summed E-state index contributed by atoms with van der Waals surface area (Å²) >= 11 is 0.777. The molecule has 3 N–H and O–H groups in total. The third-order valence-corrected chi connectivity index (χ3v) is 7.28. The Labute approximate surface area is 261 Å². The number of thioether (sulfide) groups is 1. The molecule has 3 amide bonds. The highest BCUT2D eigenvalue weighted by atomic mass is 32.2. The van der Waals surface area contributed by atoms with Crippen LogP contribution in [0.3, 0.4) is 0 Å². The minimum atomic E-state index is -5.72. The van der Waals surface area contributed by atoms with Crippen molar-refractivity contribution in [2.75, 3.05) is 16.4 Å². The van der Waals surface area contributed by atoms with Crippen LogP contribution in [0.1, 0.15) is 27.0 Å². The van der Waals surface area contributed by atoms with Gasteiger partial charge in [-0.2, -0.15) is 13.2 Å². The molecule has 0 saturated carbocycles. The van der Waals surface area contributed by atoms with Gasteiger partial charge in [-0.1, -0.05) is 48.5 Å². The summed E-state index contributed by atoms with van der Waals surface area (Å²) in [6.07, 6.45) is -4.22. The zero-order valence-electron chi connectivity index (χ0n) is 23.6. The lowest BCUT2D eigenvalue weighted by molar-refractivity contribution is -0.143. The molecule has 0 heterocycles. The Morgan fingerprint density at radius 2 is 1.41 bits per heavy atom. The van der Waals surface area contributed by atoms with E-state index in [9.17, 15) is 45.1 Å². The average Bonchev–Trinajstić information content (AvgIpc) is 3.01. The Hall–Kier alpha value is -5.11. The van der Waals surface area contributed by atoms with Gasteiger partial charge in [0.25, 0.3) is 11.8 Å². The fraction of sp³-hybridized carbons (Fsp3) is 0.0938. The predicted octanol–water partition coefficient (Wildman–Crippen LogP) is 7.71. The first-order valence-electron chi connectivity index (χ1n) is 13.2. The fourth-order valence-corrected chi connectivity index (χ4v) is 4.78. The Morgan fingerprint density at radius 1 is 0.783 bits per heavy atom. The van der Waals surface area contributed by atoms with Crippen LogP contribution < -0.4 is 16.0 Å². The Kier molecular flexibility index (Phi) is 10.5. The number of hydrogen-bond donors (Lipinski definition) is 3. The van der Waals surface area contributed by atoms with Gasteiger partial charge in [-0.3, -0.25) is 14.4 Å². The summed E-state index contributed by atoms with van der Waals surface area (Å²) < 4.78 is 94.5. The second-order valence-corrected chi connectivity index (χ2v) is 10.6. The zero-order valence-corrected chi connectivity index (χ0v) is 24.4. The number of amides is 3. The van der Waals surface area contributed by atoms with Crippen LogP contribution >= 0.6 is 11.8 Å². The maximum absolute atomic E-state index is 14.2. The molecule has 0 aliphatic rings. The van der Waals surface area contributed by atoms with E-state index in [0.29, 0.717) is 16.0 Å². The van der Waals surface area contributed by atoms with Crippen molar-refractivity contribution in [1.29, 1.82) is 0 Å². The van der Waals surface area contributed by atoms with Crippen LogP contribution in [-0.4, -0.2) is 23.5 Å². The molecule has 6 nitrogen and oxygen atoms in total. The molecule has 0 saturated heterocycles. The lowest BCUT2D eigenvalue weighted by Crippen LogP contribution is -2.30. The third kappa shape index (κ3) is 8.13. The standard InChI is InChI=1S/C32H22F7N3O3S/c1-17-8-5-6-11-19(17)14-22(41-30(44)18-9-3-2-4-10-18)31(45)40-20-12-7-13-21(15-20)46-16-23(43)42-29-27(35)25(33)24(32(37,38)39)26(34)28(29)36/h2-15H,16H2,1H3,(H,40,45)(H,41,44)(H,42,43)/b22-14-. The highest BCUT2D eigenvalue weighted by Crippen LogP contribution is 2.38. The second-order valence-electron chi connectivity index (χ2n) is 9.56. The first-order valence-corrected chi connectivity index (χ1v) is 14.2.